The van der Waals surface area contributed by atoms with Crippen molar-refractivity contribution in [1.29, 1.82) is 0 Å². The van der Waals surface area contributed by atoms with Gasteiger partial charge in [-0.15, -0.1) is 0 Å². The third kappa shape index (κ3) is 3.28. The van der Waals surface area contributed by atoms with Crippen molar-refractivity contribution in [3.63, 3.8) is 0 Å². The summed E-state index contributed by atoms with van der Waals surface area (Å²) in [5.41, 5.74) is 5.76. The highest BCUT2D eigenvalue weighted by Crippen LogP contribution is 2.35. The van der Waals surface area contributed by atoms with Gasteiger partial charge in [0.1, 0.15) is 6.04 Å². The van der Waals surface area contributed by atoms with E-state index < -0.39 is 18.3 Å². The lowest BCUT2D eigenvalue weighted by Gasteiger charge is -2.49. The predicted molar refractivity (Wildman–Crippen MR) is 73.4 cm³/mol. The van der Waals surface area contributed by atoms with Gasteiger partial charge in [-0.05, 0) is 45.2 Å². The first-order valence-electron chi connectivity index (χ1n) is 7.61. The van der Waals surface area contributed by atoms with E-state index in [0.29, 0.717) is 31.5 Å². The second-order valence-corrected chi connectivity index (χ2v) is 6.29. The van der Waals surface area contributed by atoms with E-state index in [2.05, 4.69) is 11.9 Å². The molecule has 0 aromatic heterocycles. The molecule has 2 heterocycles. The van der Waals surface area contributed by atoms with Gasteiger partial charge in [-0.3, -0.25) is 4.90 Å². The first-order chi connectivity index (χ1) is 9.34. The van der Waals surface area contributed by atoms with Crippen molar-refractivity contribution in [3.8, 4) is 0 Å². The summed E-state index contributed by atoms with van der Waals surface area (Å²) in [5.74, 6) is 0.358. The van der Waals surface area contributed by atoms with Gasteiger partial charge < -0.3 is 10.6 Å². The smallest absolute Gasteiger partial charge is 0.326 e. The van der Waals surface area contributed by atoms with Gasteiger partial charge >= 0.3 is 6.18 Å². The first-order valence-corrected chi connectivity index (χ1v) is 7.61. The van der Waals surface area contributed by atoms with Crippen LogP contribution in [0.2, 0.25) is 0 Å². The van der Waals surface area contributed by atoms with Crippen molar-refractivity contribution in [2.75, 3.05) is 26.7 Å². The second-order valence-electron chi connectivity index (χ2n) is 6.29. The Hall–Kier alpha value is -0.330. The summed E-state index contributed by atoms with van der Waals surface area (Å²) in [6.07, 6.45) is -0.929. The molecule has 0 aromatic rings. The number of halogens is 3. The number of alkyl halides is 3. The third-order valence-corrected chi connectivity index (χ3v) is 4.98. The largest absolute Gasteiger partial charge is 0.405 e. The van der Waals surface area contributed by atoms with Crippen LogP contribution in [-0.2, 0) is 0 Å². The van der Waals surface area contributed by atoms with E-state index in [1.165, 1.54) is 0 Å². The Morgan fingerprint density at radius 2 is 1.95 bits per heavy atom. The summed E-state index contributed by atoms with van der Waals surface area (Å²) >= 11 is 0. The Morgan fingerprint density at radius 1 is 1.25 bits per heavy atom. The fourth-order valence-electron chi connectivity index (χ4n) is 3.88. The van der Waals surface area contributed by atoms with Crippen molar-refractivity contribution in [2.24, 2.45) is 11.7 Å². The average molecular weight is 293 g/mol. The molecule has 0 amide bonds. The maximum Gasteiger partial charge on any atom is 0.405 e. The molecule has 0 spiro atoms. The van der Waals surface area contributed by atoms with Crippen molar-refractivity contribution >= 4 is 0 Å². The summed E-state index contributed by atoms with van der Waals surface area (Å²) in [4.78, 5) is 3.91. The summed E-state index contributed by atoms with van der Waals surface area (Å²) in [5, 5.41) is 0. The minimum Gasteiger partial charge on any atom is -0.326 e. The minimum atomic E-state index is -4.23. The van der Waals surface area contributed by atoms with E-state index in [0.717, 1.165) is 25.8 Å². The second kappa shape index (κ2) is 6.20. The highest BCUT2D eigenvalue weighted by atomic mass is 19.4. The monoisotopic (exact) mass is 293 g/mol. The number of rotatable bonds is 3. The lowest BCUT2D eigenvalue weighted by atomic mass is 9.83. The van der Waals surface area contributed by atoms with Gasteiger partial charge in [0, 0.05) is 25.2 Å². The molecule has 2 N–H and O–H groups in total. The average Bonchev–Trinajstić information content (AvgIpc) is 2.37. The molecular formula is C14H26F3N3. The number of piperidine rings is 2. The quantitative estimate of drug-likeness (QED) is 0.864. The van der Waals surface area contributed by atoms with Gasteiger partial charge in [0.25, 0.3) is 0 Å². The molecular weight excluding hydrogens is 267 g/mol. The van der Waals surface area contributed by atoms with Crippen LogP contribution in [0.4, 0.5) is 13.2 Å². The standard InChI is InChI=1S/C14H26F3N3/c1-3-11(18)13(14(15,16)17)20-8-6-12-10(9-20)5-4-7-19(12)2/h10-13H,3-9,18H2,1-2H3. The summed E-state index contributed by atoms with van der Waals surface area (Å²) in [7, 11) is 2.09. The van der Waals surface area contributed by atoms with Gasteiger partial charge in [0.2, 0.25) is 0 Å². The van der Waals surface area contributed by atoms with Crippen LogP contribution >= 0.6 is 0 Å². The van der Waals surface area contributed by atoms with Crippen molar-refractivity contribution < 1.29 is 13.2 Å². The molecule has 3 nitrogen and oxygen atoms in total. The zero-order chi connectivity index (χ0) is 14.9. The topological polar surface area (TPSA) is 32.5 Å². The number of likely N-dealkylation sites (tertiary alicyclic amines) is 2. The van der Waals surface area contributed by atoms with Gasteiger partial charge in [-0.1, -0.05) is 6.92 Å². The molecule has 118 valence electrons. The molecule has 0 radical (unpaired) electrons. The van der Waals surface area contributed by atoms with Gasteiger partial charge in [-0.25, -0.2) is 0 Å². The number of fused-ring (bicyclic) bond motifs is 1. The highest BCUT2D eigenvalue weighted by Gasteiger charge is 2.49. The van der Waals surface area contributed by atoms with Crippen LogP contribution < -0.4 is 5.73 Å². The molecule has 2 aliphatic rings. The normalized spacial score (nSPS) is 32.7. The van der Waals surface area contributed by atoms with Crippen LogP contribution in [0.1, 0.15) is 32.6 Å². The summed E-state index contributed by atoms with van der Waals surface area (Å²) in [6.45, 7) is 3.83. The molecule has 0 saturated carbocycles. The maximum atomic E-state index is 13.3. The van der Waals surface area contributed by atoms with Gasteiger partial charge in [-0.2, -0.15) is 13.2 Å². The third-order valence-electron chi connectivity index (χ3n) is 4.98. The van der Waals surface area contributed by atoms with E-state index in [1.54, 1.807) is 11.8 Å². The number of hydrogen-bond donors (Lipinski definition) is 1. The fourth-order valence-corrected chi connectivity index (χ4v) is 3.88. The Balaban J connectivity index is 2.08. The summed E-state index contributed by atoms with van der Waals surface area (Å²) in [6, 6.07) is -1.86. The van der Waals surface area contributed by atoms with Crippen LogP contribution in [0.15, 0.2) is 0 Å². The van der Waals surface area contributed by atoms with Crippen molar-refractivity contribution in [1.82, 2.24) is 9.80 Å². The molecule has 0 aromatic carbocycles. The number of nitrogens with two attached hydrogens (primary N) is 1. The lowest BCUT2D eigenvalue weighted by molar-refractivity contribution is -0.196. The SMILES string of the molecule is CCC(N)C(N1CCC2C(CCCN2C)C1)C(F)(F)F. The van der Waals surface area contributed by atoms with Gasteiger partial charge in [0.15, 0.2) is 0 Å². The molecule has 2 fully saturated rings. The molecule has 2 aliphatic heterocycles. The zero-order valence-corrected chi connectivity index (χ0v) is 12.4. The number of hydrogen-bond acceptors (Lipinski definition) is 3. The Morgan fingerprint density at radius 3 is 2.55 bits per heavy atom. The predicted octanol–water partition coefficient (Wildman–Crippen LogP) is 2.07. The molecule has 20 heavy (non-hydrogen) atoms. The molecule has 2 rings (SSSR count). The minimum absolute atomic E-state index is 0.356. The van der Waals surface area contributed by atoms with E-state index in [1.807, 2.05) is 0 Å². The fraction of sp³-hybridized carbons (Fsp3) is 1.00. The van der Waals surface area contributed by atoms with Crippen LogP contribution in [0.5, 0.6) is 0 Å². The van der Waals surface area contributed by atoms with Crippen molar-refractivity contribution in [2.45, 2.75) is 56.9 Å². The van der Waals surface area contributed by atoms with Crippen LogP contribution in [0.25, 0.3) is 0 Å². The first kappa shape index (κ1) is 16.0. The van der Waals surface area contributed by atoms with E-state index >= 15 is 0 Å². The summed E-state index contributed by atoms with van der Waals surface area (Å²) < 4.78 is 39.9. The highest BCUT2D eigenvalue weighted by molar-refractivity contribution is 4.95. The zero-order valence-electron chi connectivity index (χ0n) is 12.4. The van der Waals surface area contributed by atoms with E-state index in [9.17, 15) is 13.2 Å². The van der Waals surface area contributed by atoms with E-state index in [4.69, 9.17) is 5.73 Å². The molecule has 4 atom stereocenters. The molecule has 0 bridgehead atoms. The molecule has 4 unspecified atom stereocenters. The lowest BCUT2D eigenvalue weighted by Crippen LogP contribution is -2.62. The Bertz CT molecular complexity index is 321. The maximum absolute atomic E-state index is 13.3. The Labute approximate surface area is 119 Å². The molecule has 0 aliphatic carbocycles. The van der Waals surface area contributed by atoms with Crippen LogP contribution in [-0.4, -0.2) is 60.8 Å². The molecule has 6 heteroatoms. The van der Waals surface area contributed by atoms with Crippen molar-refractivity contribution in [3.05, 3.63) is 0 Å². The van der Waals surface area contributed by atoms with Crippen LogP contribution in [0, 0.1) is 5.92 Å². The van der Waals surface area contributed by atoms with Gasteiger partial charge in [0.05, 0.1) is 0 Å². The van der Waals surface area contributed by atoms with Crippen LogP contribution in [0.3, 0.4) is 0 Å². The Kier molecular flexibility index (Phi) is 4.97. The van der Waals surface area contributed by atoms with E-state index in [-0.39, 0.29) is 0 Å². The number of nitrogens with zero attached hydrogens (tertiary/aromatic N) is 2. The molecule has 2 saturated heterocycles.